The highest BCUT2D eigenvalue weighted by atomic mass is 16.7. The topological polar surface area (TPSA) is 187 Å². The summed E-state index contributed by atoms with van der Waals surface area (Å²) in [4.78, 5) is 23.6. The molecule has 3 rings (SSSR count). The van der Waals surface area contributed by atoms with E-state index in [1.807, 2.05) is 26.0 Å². The van der Waals surface area contributed by atoms with Crippen LogP contribution in [0.3, 0.4) is 0 Å². The third-order valence-electron chi connectivity index (χ3n) is 6.73. The van der Waals surface area contributed by atoms with Crippen LogP contribution in [0.15, 0.2) is 30.5 Å². The number of carbonyl (C=O) groups is 2. The molecule has 1 saturated heterocycles. The van der Waals surface area contributed by atoms with Gasteiger partial charge in [-0.05, 0) is 51.0 Å². The Hall–Kier alpha value is -3.14. The fraction of sp³-hybridized carbons (Fsp3) is 0.643. The van der Waals surface area contributed by atoms with Crippen LogP contribution >= 0.6 is 0 Å². The Kier molecular flexibility index (Phi) is 13.6. The molecule has 234 valence electrons. The van der Waals surface area contributed by atoms with E-state index in [0.717, 1.165) is 24.8 Å². The lowest BCUT2D eigenvalue weighted by atomic mass is 9.97. The zero-order chi connectivity index (χ0) is 30.5. The van der Waals surface area contributed by atoms with Crippen molar-refractivity contribution in [3.63, 3.8) is 0 Å². The first-order chi connectivity index (χ1) is 20.2. The Morgan fingerprint density at radius 2 is 1.76 bits per heavy atom. The van der Waals surface area contributed by atoms with Gasteiger partial charge in [0.2, 0.25) is 11.8 Å². The number of aromatic nitrogens is 3. The summed E-state index contributed by atoms with van der Waals surface area (Å²) in [6.45, 7) is 4.04. The Bertz CT molecular complexity index is 1100. The van der Waals surface area contributed by atoms with Gasteiger partial charge in [-0.25, -0.2) is 4.68 Å². The van der Waals surface area contributed by atoms with E-state index in [1.165, 1.54) is 4.68 Å². The minimum atomic E-state index is -1.34. The van der Waals surface area contributed by atoms with Gasteiger partial charge in [0, 0.05) is 18.7 Å². The van der Waals surface area contributed by atoms with Gasteiger partial charge in [-0.2, -0.15) is 0 Å². The first-order valence-corrected chi connectivity index (χ1v) is 14.2. The lowest BCUT2D eigenvalue weighted by Gasteiger charge is -2.41. The predicted molar refractivity (Wildman–Crippen MR) is 150 cm³/mol. The SMILES string of the molecule is COc1ccc(-c2cn(C3C(OCCCCCCNC(=O)CC(=O)NCOC(C)C)OC(CO)C(O)C3O)nn2)cc1. The molecule has 42 heavy (non-hydrogen) atoms. The number of unbranched alkanes of at least 4 members (excludes halogenated alkanes) is 3. The van der Waals surface area contributed by atoms with E-state index in [9.17, 15) is 24.9 Å². The molecule has 1 aliphatic rings. The van der Waals surface area contributed by atoms with Crippen molar-refractivity contribution in [3.05, 3.63) is 30.5 Å². The van der Waals surface area contributed by atoms with Crippen molar-refractivity contribution in [2.75, 3.05) is 33.6 Å². The van der Waals surface area contributed by atoms with Crippen LogP contribution in [0.1, 0.15) is 52.0 Å². The molecule has 1 aliphatic heterocycles. The van der Waals surface area contributed by atoms with E-state index in [0.29, 0.717) is 31.0 Å². The van der Waals surface area contributed by atoms with Crippen molar-refractivity contribution in [1.29, 1.82) is 0 Å². The van der Waals surface area contributed by atoms with Crippen molar-refractivity contribution in [3.8, 4) is 17.0 Å². The molecule has 0 aliphatic carbocycles. The van der Waals surface area contributed by atoms with Gasteiger partial charge in [0.05, 0.1) is 26.0 Å². The average Bonchev–Trinajstić information content (AvgIpc) is 3.45. The fourth-order valence-corrected chi connectivity index (χ4v) is 4.37. The van der Waals surface area contributed by atoms with Crippen molar-refractivity contribution < 1.29 is 43.9 Å². The molecule has 1 aromatic heterocycles. The molecule has 0 spiro atoms. The second-order valence-electron chi connectivity index (χ2n) is 10.3. The summed E-state index contributed by atoms with van der Waals surface area (Å²) in [5, 5.41) is 44.6. The minimum Gasteiger partial charge on any atom is -0.497 e. The van der Waals surface area contributed by atoms with Crippen LogP contribution < -0.4 is 15.4 Å². The largest absolute Gasteiger partial charge is 0.497 e. The molecular formula is C28H43N5O9. The molecule has 1 fully saturated rings. The van der Waals surface area contributed by atoms with Crippen molar-refractivity contribution in [2.45, 2.75) is 82.7 Å². The summed E-state index contributed by atoms with van der Waals surface area (Å²) in [6, 6.07) is 6.36. The molecule has 2 heterocycles. The maximum atomic E-state index is 11.9. The number of amides is 2. The molecule has 0 saturated carbocycles. The second-order valence-corrected chi connectivity index (χ2v) is 10.3. The van der Waals surface area contributed by atoms with Gasteiger partial charge in [0.1, 0.15) is 48.9 Å². The number of hydrogen-bond acceptors (Lipinski definition) is 11. The maximum absolute atomic E-state index is 11.9. The van der Waals surface area contributed by atoms with Gasteiger partial charge < -0.3 is 44.9 Å². The highest BCUT2D eigenvalue weighted by Crippen LogP contribution is 2.32. The summed E-state index contributed by atoms with van der Waals surface area (Å²) >= 11 is 0. The van der Waals surface area contributed by atoms with Crippen LogP contribution in [0.25, 0.3) is 11.3 Å². The normalized spacial score (nSPS) is 22.2. The monoisotopic (exact) mass is 593 g/mol. The zero-order valence-corrected chi connectivity index (χ0v) is 24.3. The Morgan fingerprint density at radius 3 is 2.45 bits per heavy atom. The summed E-state index contributed by atoms with van der Waals surface area (Å²) < 4.78 is 23.6. The van der Waals surface area contributed by atoms with Gasteiger partial charge in [-0.1, -0.05) is 18.1 Å². The highest BCUT2D eigenvalue weighted by Gasteiger charge is 2.46. The van der Waals surface area contributed by atoms with E-state index in [1.54, 1.807) is 25.4 Å². The lowest BCUT2D eigenvalue weighted by Crippen LogP contribution is -2.56. The number of aliphatic hydroxyl groups excluding tert-OH is 3. The number of nitrogens with zero attached hydrogens (tertiary/aromatic N) is 3. The average molecular weight is 594 g/mol. The van der Waals surface area contributed by atoms with Crippen molar-refractivity contribution >= 4 is 11.8 Å². The fourth-order valence-electron chi connectivity index (χ4n) is 4.37. The number of rotatable bonds is 17. The van der Waals surface area contributed by atoms with Gasteiger partial charge in [0.15, 0.2) is 6.29 Å². The number of methoxy groups -OCH3 is 1. The van der Waals surface area contributed by atoms with Crippen LogP contribution in [0, 0.1) is 0 Å². The molecule has 0 bridgehead atoms. The summed E-state index contributed by atoms with van der Waals surface area (Å²) in [6.07, 6.45) is -0.247. The van der Waals surface area contributed by atoms with Crippen LogP contribution in [0.4, 0.5) is 0 Å². The molecule has 2 aromatic rings. The first kappa shape index (κ1) is 33.4. The van der Waals surface area contributed by atoms with Crippen LogP contribution in [0.2, 0.25) is 0 Å². The molecule has 5 unspecified atom stereocenters. The van der Waals surface area contributed by atoms with Crippen molar-refractivity contribution in [2.24, 2.45) is 0 Å². The minimum absolute atomic E-state index is 0.00857. The number of aliphatic hydroxyl groups is 3. The van der Waals surface area contributed by atoms with Gasteiger partial charge >= 0.3 is 0 Å². The summed E-state index contributed by atoms with van der Waals surface area (Å²) in [5.74, 6) is -0.0349. The van der Waals surface area contributed by atoms with E-state index in [4.69, 9.17) is 18.9 Å². The van der Waals surface area contributed by atoms with Gasteiger partial charge in [-0.15, -0.1) is 5.10 Å². The smallest absolute Gasteiger partial charge is 0.231 e. The summed E-state index contributed by atoms with van der Waals surface area (Å²) in [5.41, 5.74) is 1.34. The molecule has 5 N–H and O–H groups in total. The van der Waals surface area contributed by atoms with Crippen molar-refractivity contribution in [1.82, 2.24) is 25.6 Å². The molecule has 1 aromatic carbocycles. The molecule has 5 atom stereocenters. The second kappa shape index (κ2) is 17.1. The molecule has 14 nitrogen and oxygen atoms in total. The molecule has 0 radical (unpaired) electrons. The van der Waals surface area contributed by atoms with E-state index in [2.05, 4.69) is 20.9 Å². The number of hydrogen-bond donors (Lipinski definition) is 5. The first-order valence-electron chi connectivity index (χ1n) is 14.2. The molecular weight excluding hydrogens is 550 g/mol. The lowest BCUT2D eigenvalue weighted by molar-refractivity contribution is -0.281. The Morgan fingerprint density at radius 1 is 1.05 bits per heavy atom. The van der Waals surface area contributed by atoms with Gasteiger partial charge in [-0.3, -0.25) is 9.59 Å². The number of ether oxygens (including phenoxy) is 4. The predicted octanol–water partition coefficient (Wildman–Crippen LogP) is 0.516. The highest BCUT2D eigenvalue weighted by molar-refractivity contribution is 5.96. The molecule has 14 heteroatoms. The van der Waals surface area contributed by atoms with E-state index in [-0.39, 0.29) is 25.2 Å². The van der Waals surface area contributed by atoms with Gasteiger partial charge in [0.25, 0.3) is 0 Å². The van der Waals surface area contributed by atoms with Crippen LogP contribution in [-0.4, -0.2) is 106 Å². The summed E-state index contributed by atoms with van der Waals surface area (Å²) in [7, 11) is 1.58. The zero-order valence-electron chi connectivity index (χ0n) is 24.3. The maximum Gasteiger partial charge on any atom is 0.231 e. The third-order valence-corrected chi connectivity index (χ3v) is 6.73. The standard InChI is InChI=1S/C28H43N5O9/c1-18(2)41-17-30-24(36)14-23(35)29-12-6-4-5-7-13-40-28-25(27(38)26(37)22(16-34)42-28)33-15-21(31-32-33)19-8-10-20(39-3)11-9-19/h8-11,15,18,22,25-28,34,37-38H,4-7,12-14,16-17H2,1-3H3,(H,29,35)(H,30,36). The van der Waals surface area contributed by atoms with Crippen LogP contribution in [0.5, 0.6) is 5.75 Å². The third kappa shape index (κ3) is 10.00. The number of benzene rings is 1. The quantitative estimate of drug-likeness (QED) is 0.0978. The number of carbonyl (C=O) groups excluding carboxylic acids is 2. The van der Waals surface area contributed by atoms with E-state index < -0.39 is 43.2 Å². The Balaban J connectivity index is 1.43. The van der Waals surface area contributed by atoms with Crippen LogP contribution in [-0.2, 0) is 23.8 Å². The van der Waals surface area contributed by atoms with E-state index >= 15 is 0 Å². The Labute approximate surface area is 245 Å². The molecule has 2 amide bonds. The number of nitrogens with one attached hydrogen (secondary N) is 2.